The Kier molecular flexibility index (Phi) is 6.71. The smallest absolute Gasteiger partial charge is 0.264 e. The second kappa shape index (κ2) is 9.08. The molecule has 0 N–H and O–H groups in total. The van der Waals surface area contributed by atoms with E-state index in [9.17, 15) is 13.2 Å². The van der Waals surface area contributed by atoms with E-state index in [1.54, 1.807) is 48.5 Å². The molecule has 3 rings (SSSR count). The van der Waals surface area contributed by atoms with Gasteiger partial charge in [-0.05, 0) is 76.4 Å². The van der Waals surface area contributed by atoms with E-state index in [1.807, 2.05) is 11.8 Å². The first-order chi connectivity index (χ1) is 14.2. The zero-order chi connectivity index (χ0) is 21.9. The number of nitrogens with zero attached hydrogens (tertiary/aromatic N) is 2. The maximum Gasteiger partial charge on any atom is 0.264 e. The van der Waals surface area contributed by atoms with E-state index in [0.29, 0.717) is 11.4 Å². The highest BCUT2D eigenvalue weighted by molar-refractivity contribution is 7.92. The van der Waals surface area contributed by atoms with E-state index in [0.717, 1.165) is 24.8 Å². The van der Waals surface area contributed by atoms with Crippen LogP contribution < -0.4 is 9.04 Å². The Hall–Kier alpha value is -2.54. The minimum absolute atomic E-state index is 0.0159. The van der Waals surface area contributed by atoms with Gasteiger partial charge < -0.3 is 9.64 Å². The van der Waals surface area contributed by atoms with Crippen molar-refractivity contribution in [2.24, 2.45) is 0 Å². The van der Waals surface area contributed by atoms with Gasteiger partial charge in [-0.3, -0.25) is 9.10 Å². The van der Waals surface area contributed by atoms with Gasteiger partial charge in [-0.15, -0.1) is 0 Å². The Labute approximate surface area is 179 Å². The molecular weight excluding hydrogens is 400 g/mol. The quantitative estimate of drug-likeness (QED) is 0.695. The van der Waals surface area contributed by atoms with E-state index < -0.39 is 10.0 Å². The highest BCUT2D eigenvalue weighted by atomic mass is 32.2. The Balaban J connectivity index is 1.64. The fourth-order valence-electron chi connectivity index (χ4n) is 3.89. The number of ether oxygens (including phenoxy) is 1. The second-order valence-electron chi connectivity index (χ2n) is 8.00. The molecule has 30 heavy (non-hydrogen) atoms. The molecule has 2 aromatic rings. The number of aryl methyl sites for hydroxylation is 1. The maximum absolute atomic E-state index is 12.8. The molecule has 1 aliphatic rings. The third-order valence-electron chi connectivity index (χ3n) is 5.72. The summed E-state index contributed by atoms with van der Waals surface area (Å²) in [5.74, 6) is 0.517. The summed E-state index contributed by atoms with van der Waals surface area (Å²) in [7, 11) is -2.12. The van der Waals surface area contributed by atoms with Crippen LogP contribution in [0.2, 0.25) is 0 Å². The van der Waals surface area contributed by atoms with E-state index >= 15 is 0 Å². The van der Waals surface area contributed by atoms with Crippen LogP contribution >= 0.6 is 0 Å². The lowest BCUT2D eigenvalue weighted by Gasteiger charge is -2.38. The second-order valence-corrected chi connectivity index (χ2v) is 9.97. The minimum atomic E-state index is -3.64. The zero-order valence-corrected chi connectivity index (χ0v) is 18.9. The van der Waals surface area contributed by atoms with E-state index in [2.05, 4.69) is 13.8 Å². The normalized spacial score (nSPS) is 19.4. The maximum atomic E-state index is 12.8. The van der Waals surface area contributed by atoms with Gasteiger partial charge in [0.15, 0.2) is 6.61 Å². The number of rotatable bonds is 6. The first-order valence-corrected chi connectivity index (χ1v) is 11.7. The molecule has 0 aliphatic carbocycles. The first kappa shape index (κ1) is 22.2. The van der Waals surface area contributed by atoms with E-state index in [4.69, 9.17) is 4.74 Å². The Bertz CT molecular complexity index is 961. The van der Waals surface area contributed by atoms with Crippen LogP contribution in [0.3, 0.4) is 0 Å². The summed E-state index contributed by atoms with van der Waals surface area (Å²) >= 11 is 0. The van der Waals surface area contributed by atoms with Crippen molar-refractivity contribution in [1.29, 1.82) is 0 Å². The minimum Gasteiger partial charge on any atom is -0.484 e. The number of benzene rings is 2. The summed E-state index contributed by atoms with van der Waals surface area (Å²) < 4.78 is 32.6. The molecule has 2 unspecified atom stereocenters. The number of anilines is 1. The number of hydrogen-bond donors (Lipinski definition) is 0. The van der Waals surface area contributed by atoms with Crippen molar-refractivity contribution >= 4 is 21.6 Å². The van der Waals surface area contributed by atoms with Gasteiger partial charge in [0.1, 0.15) is 5.75 Å². The summed E-state index contributed by atoms with van der Waals surface area (Å²) in [5.41, 5.74) is 1.52. The molecule has 1 amide bonds. The Morgan fingerprint density at radius 2 is 1.60 bits per heavy atom. The van der Waals surface area contributed by atoms with Crippen LogP contribution in [0, 0.1) is 6.92 Å². The van der Waals surface area contributed by atoms with E-state index in [-0.39, 0.29) is 29.5 Å². The Morgan fingerprint density at radius 1 is 1.03 bits per heavy atom. The number of likely N-dealkylation sites (tertiary alicyclic amines) is 1. The van der Waals surface area contributed by atoms with Gasteiger partial charge in [0.2, 0.25) is 0 Å². The van der Waals surface area contributed by atoms with Crippen LogP contribution in [0.5, 0.6) is 5.75 Å². The van der Waals surface area contributed by atoms with Crippen LogP contribution in [0.25, 0.3) is 0 Å². The van der Waals surface area contributed by atoms with Crippen LogP contribution in [0.15, 0.2) is 53.4 Å². The molecule has 1 heterocycles. The summed E-state index contributed by atoms with van der Waals surface area (Å²) in [6, 6.07) is 14.0. The molecule has 0 bridgehead atoms. The monoisotopic (exact) mass is 430 g/mol. The third-order valence-corrected chi connectivity index (χ3v) is 7.52. The summed E-state index contributed by atoms with van der Waals surface area (Å²) in [5, 5.41) is 0. The van der Waals surface area contributed by atoms with Crippen molar-refractivity contribution < 1.29 is 17.9 Å². The number of piperidine rings is 1. The molecule has 1 saturated heterocycles. The van der Waals surface area contributed by atoms with Crippen molar-refractivity contribution in [3.05, 3.63) is 54.1 Å². The standard InChI is InChI=1S/C23H30N2O4S/c1-17-8-14-22(15-9-17)30(27,28)24(4)20-10-12-21(13-11-20)29-16-23(26)25-18(2)6-5-7-19(25)3/h8-15,18-19H,5-7,16H2,1-4H3. The predicted octanol–water partition coefficient (Wildman–Crippen LogP) is 3.99. The molecule has 0 aromatic heterocycles. The Morgan fingerprint density at radius 3 is 2.17 bits per heavy atom. The molecule has 2 aromatic carbocycles. The average Bonchev–Trinajstić information content (AvgIpc) is 2.72. The van der Waals surface area contributed by atoms with Crippen molar-refractivity contribution in [3.8, 4) is 5.75 Å². The number of carbonyl (C=O) groups is 1. The van der Waals surface area contributed by atoms with Crippen LogP contribution in [-0.2, 0) is 14.8 Å². The van der Waals surface area contributed by atoms with Gasteiger partial charge in [0.05, 0.1) is 10.6 Å². The molecule has 1 fully saturated rings. The molecule has 1 aliphatic heterocycles. The number of hydrogen-bond acceptors (Lipinski definition) is 4. The molecule has 7 heteroatoms. The van der Waals surface area contributed by atoms with Crippen LogP contribution in [0.1, 0.15) is 38.7 Å². The van der Waals surface area contributed by atoms with Crippen molar-refractivity contribution in [2.45, 2.75) is 57.0 Å². The molecule has 0 radical (unpaired) electrons. The molecule has 6 nitrogen and oxygen atoms in total. The fourth-order valence-corrected chi connectivity index (χ4v) is 5.09. The van der Waals surface area contributed by atoms with E-state index in [1.165, 1.54) is 11.4 Å². The van der Waals surface area contributed by atoms with Crippen LogP contribution in [-0.4, -0.2) is 45.0 Å². The number of sulfonamides is 1. The number of carbonyl (C=O) groups excluding carboxylic acids is 1. The average molecular weight is 431 g/mol. The first-order valence-electron chi connectivity index (χ1n) is 10.3. The molecule has 2 atom stereocenters. The van der Waals surface area contributed by atoms with Gasteiger partial charge in [0, 0.05) is 19.1 Å². The van der Waals surface area contributed by atoms with Crippen molar-refractivity contribution in [1.82, 2.24) is 4.90 Å². The SMILES string of the molecule is Cc1ccc(S(=O)(=O)N(C)c2ccc(OCC(=O)N3C(C)CCCC3C)cc2)cc1. The summed E-state index contributed by atoms with van der Waals surface area (Å²) in [6.07, 6.45) is 3.19. The molecule has 162 valence electrons. The molecule has 0 saturated carbocycles. The van der Waals surface area contributed by atoms with Crippen molar-refractivity contribution in [3.63, 3.8) is 0 Å². The summed E-state index contributed by atoms with van der Waals surface area (Å²) in [6.45, 7) is 6.04. The highest BCUT2D eigenvalue weighted by Gasteiger charge is 2.29. The fraction of sp³-hybridized carbons (Fsp3) is 0.435. The van der Waals surface area contributed by atoms with Gasteiger partial charge >= 0.3 is 0 Å². The topological polar surface area (TPSA) is 66.9 Å². The predicted molar refractivity (Wildman–Crippen MR) is 118 cm³/mol. The lowest BCUT2D eigenvalue weighted by atomic mass is 9.97. The van der Waals surface area contributed by atoms with Crippen molar-refractivity contribution in [2.75, 3.05) is 18.0 Å². The van der Waals surface area contributed by atoms with Gasteiger partial charge in [-0.1, -0.05) is 17.7 Å². The van der Waals surface area contributed by atoms with Gasteiger partial charge in [0.25, 0.3) is 15.9 Å². The van der Waals surface area contributed by atoms with Crippen LogP contribution in [0.4, 0.5) is 5.69 Å². The lowest BCUT2D eigenvalue weighted by Crippen LogP contribution is -2.49. The number of amides is 1. The lowest BCUT2D eigenvalue weighted by molar-refractivity contribution is -0.139. The van der Waals surface area contributed by atoms with Gasteiger partial charge in [-0.2, -0.15) is 0 Å². The third kappa shape index (κ3) is 4.78. The molecule has 0 spiro atoms. The zero-order valence-electron chi connectivity index (χ0n) is 18.0. The van der Waals surface area contributed by atoms with Gasteiger partial charge in [-0.25, -0.2) is 8.42 Å². The summed E-state index contributed by atoms with van der Waals surface area (Å²) in [4.78, 5) is 14.8. The molecular formula is C23H30N2O4S. The largest absolute Gasteiger partial charge is 0.484 e. The highest BCUT2D eigenvalue weighted by Crippen LogP contribution is 2.26.